The summed E-state index contributed by atoms with van der Waals surface area (Å²) >= 11 is 0. The first kappa shape index (κ1) is 24.0. The number of alkyl halides is 6. The number of hydrogen-bond donors (Lipinski definition) is 1. The van der Waals surface area contributed by atoms with Gasteiger partial charge in [-0.3, -0.25) is 9.59 Å². The van der Waals surface area contributed by atoms with Gasteiger partial charge in [-0.2, -0.15) is 34.8 Å². The molecule has 0 amide bonds. The molecule has 0 radical (unpaired) electrons. The van der Waals surface area contributed by atoms with Crippen molar-refractivity contribution in [2.24, 2.45) is 23.7 Å². The molecule has 2 saturated carbocycles. The summed E-state index contributed by atoms with van der Waals surface area (Å²) in [6.07, 6.45) is -10.8. The quantitative estimate of drug-likeness (QED) is 0.400. The number of rotatable bonds is 6. The summed E-state index contributed by atoms with van der Waals surface area (Å²) in [5.41, 5.74) is -6.00. The van der Waals surface area contributed by atoms with Gasteiger partial charge in [0.15, 0.2) is 6.10 Å². The maximum Gasteiger partial charge on any atom is 0.512 e. The van der Waals surface area contributed by atoms with E-state index in [0.717, 1.165) is 0 Å². The minimum Gasteiger partial charge on any atom is -0.459 e. The van der Waals surface area contributed by atoms with Crippen LogP contribution in [0.4, 0.5) is 26.3 Å². The number of carbonyl (C=O) groups is 2. The highest BCUT2D eigenvalue weighted by atomic mass is 32.3. The first-order valence-corrected chi connectivity index (χ1v) is 11.3. The topological polar surface area (TPSA) is 142 Å². The Bertz CT molecular complexity index is 992. The fourth-order valence-electron chi connectivity index (χ4n) is 4.11. The number of halogens is 6. The van der Waals surface area contributed by atoms with Crippen LogP contribution < -0.4 is 4.13 Å². The van der Waals surface area contributed by atoms with Crippen molar-refractivity contribution in [2.45, 2.75) is 43.3 Å². The third kappa shape index (κ3) is 4.21. The van der Waals surface area contributed by atoms with Crippen LogP contribution in [0, 0.1) is 23.7 Å². The van der Waals surface area contributed by atoms with Crippen LogP contribution in [-0.4, -0.2) is 58.8 Å². The number of fused-ring (bicyclic) bond motifs is 1. The highest BCUT2D eigenvalue weighted by molar-refractivity contribution is 8.03. The second-order valence-electron chi connectivity index (χ2n) is 7.18. The van der Waals surface area contributed by atoms with Crippen molar-refractivity contribution >= 4 is 32.3 Å². The van der Waals surface area contributed by atoms with E-state index < -0.39 is 85.9 Å². The maximum absolute atomic E-state index is 12.7. The van der Waals surface area contributed by atoms with Crippen molar-refractivity contribution in [1.82, 2.24) is 4.13 Å². The SMILES string of the molecule is CC(OC(=O)C1C2CC3C(OC(=O)C31)C2OS(=O)(=O)NS(=O)(=O)C(F)(F)F)C(F)(F)F. The number of hydrogen-bond acceptors (Lipinski definition) is 9. The van der Waals surface area contributed by atoms with E-state index in [1.54, 1.807) is 0 Å². The summed E-state index contributed by atoms with van der Waals surface area (Å²) in [5, 5.41) is 0. The molecule has 10 nitrogen and oxygen atoms in total. The molecule has 1 saturated heterocycles. The lowest BCUT2D eigenvalue weighted by Crippen LogP contribution is -2.48. The number of nitrogens with one attached hydrogen (secondary N) is 1. The largest absolute Gasteiger partial charge is 0.512 e. The van der Waals surface area contributed by atoms with Gasteiger partial charge in [0.1, 0.15) is 12.2 Å². The fourth-order valence-corrected chi connectivity index (χ4v) is 6.26. The van der Waals surface area contributed by atoms with Gasteiger partial charge in [-0.05, 0) is 13.3 Å². The van der Waals surface area contributed by atoms with E-state index in [2.05, 4.69) is 8.92 Å². The molecule has 0 aromatic rings. The Hall–Kier alpha value is -1.66. The van der Waals surface area contributed by atoms with E-state index >= 15 is 0 Å². The molecule has 7 atom stereocenters. The summed E-state index contributed by atoms with van der Waals surface area (Å²) in [5.74, 6) is -7.59. The van der Waals surface area contributed by atoms with Gasteiger partial charge in [-0.15, -0.1) is 0 Å². The standard InChI is InChI=1S/C13H13F6NO9S2/c1-3(12(14,15)16)27-10(21)7-5-2-4-6(7)11(22)28-8(4)9(5)29-31(25,26)20-30(23,24)13(17,18)19/h3-9,20H,2H2,1H3. The molecule has 3 rings (SSSR count). The second kappa shape index (κ2) is 7.17. The predicted octanol–water partition coefficient (Wildman–Crippen LogP) is 0.357. The first-order chi connectivity index (χ1) is 13.9. The zero-order valence-electron chi connectivity index (χ0n) is 15.0. The van der Waals surface area contributed by atoms with Crippen LogP contribution >= 0.6 is 0 Å². The summed E-state index contributed by atoms with van der Waals surface area (Å²) in [6.45, 7) is 0.519. The molecule has 1 N–H and O–H groups in total. The molecule has 3 fully saturated rings. The molecule has 2 aliphatic carbocycles. The van der Waals surface area contributed by atoms with Crippen LogP contribution in [-0.2, 0) is 43.6 Å². The van der Waals surface area contributed by atoms with Gasteiger partial charge in [0.25, 0.3) is 0 Å². The lowest BCUT2D eigenvalue weighted by Gasteiger charge is -2.30. The summed E-state index contributed by atoms with van der Waals surface area (Å²) in [4.78, 5) is 24.3. The van der Waals surface area contributed by atoms with Crippen molar-refractivity contribution in [1.29, 1.82) is 0 Å². The van der Waals surface area contributed by atoms with E-state index in [-0.39, 0.29) is 6.42 Å². The van der Waals surface area contributed by atoms with Crippen molar-refractivity contribution in [3.8, 4) is 0 Å². The van der Waals surface area contributed by atoms with Crippen LogP contribution in [0.2, 0.25) is 0 Å². The average Bonchev–Trinajstić information content (AvgIpc) is 3.15. The van der Waals surface area contributed by atoms with Gasteiger partial charge in [0.2, 0.25) is 0 Å². The number of carbonyl (C=O) groups excluding carboxylic acids is 2. The van der Waals surface area contributed by atoms with E-state index in [1.807, 2.05) is 0 Å². The molecular weight excluding hydrogens is 492 g/mol. The highest BCUT2D eigenvalue weighted by Gasteiger charge is 2.70. The Morgan fingerprint density at radius 1 is 1.13 bits per heavy atom. The van der Waals surface area contributed by atoms with Crippen LogP contribution in [0.1, 0.15) is 13.3 Å². The molecule has 0 aromatic carbocycles. The molecule has 7 unspecified atom stereocenters. The Kier molecular flexibility index (Phi) is 5.55. The number of esters is 2. The first-order valence-electron chi connectivity index (χ1n) is 8.36. The van der Waals surface area contributed by atoms with Gasteiger partial charge in [-0.1, -0.05) is 4.13 Å². The van der Waals surface area contributed by atoms with Gasteiger partial charge in [-0.25, -0.2) is 12.6 Å². The molecule has 178 valence electrons. The molecular formula is C13H13F6NO9S2. The monoisotopic (exact) mass is 505 g/mol. The van der Waals surface area contributed by atoms with E-state index in [1.165, 1.54) is 0 Å². The molecule has 2 bridgehead atoms. The summed E-state index contributed by atoms with van der Waals surface area (Å²) in [7, 11) is -12.0. The number of sulfonamides is 1. The van der Waals surface area contributed by atoms with E-state index in [9.17, 15) is 52.8 Å². The van der Waals surface area contributed by atoms with Crippen LogP contribution in [0.25, 0.3) is 0 Å². The Balaban J connectivity index is 1.82. The molecule has 1 aliphatic heterocycles. The summed E-state index contributed by atoms with van der Waals surface area (Å²) in [6, 6.07) is 0. The van der Waals surface area contributed by atoms with E-state index in [0.29, 0.717) is 11.1 Å². The van der Waals surface area contributed by atoms with Crippen LogP contribution in [0.3, 0.4) is 0 Å². The third-order valence-electron chi connectivity index (χ3n) is 5.33. The predicted molar refractivity (Wildman–Crippen MR) is 82.0 cm³/mol. The second-order valence-corrected chi connectivity index (χ2v) is 10.4. The minimum absolute atomic E-state index is 0.145. The summed E-state index contributed by atoms with van der Waals surface area (Å²) < 4.78 is 135. The molecule has 0 aromatic heterocycles. The van der Waals surface area contributed by atoms with E-state index in [4.69, 9.17) is 4.74 Å². The Morgan fingerprint density at radius 3 is 2.23 bits per heavy atom. The highest BCUT2D eigenvalue weighted by Crippen LogP contribution is 2.59. The van der Waals surface area contributed by atoms with Crippen LogP contribution in [0.5, 0.6) is 0 Å². The van der Waals surface area contributed by atoms with Gasteiger partial charge >= 0.3 is 44.0 Å². The van der Waals surface area contributed by atoms with Gasteiger partial charge in [0.05, 0.1) is 11.8 Å². The third-order valence-corrected chi connectivity index (χ3v) is 8.11. The Labute approximate surface area is 170 Å². The molecule has 1 heterocycles. The van der Waals surface area contributed by atoms with Crippen molar-refractivity contribution < 1.29 is 66.4 Å². The molecule has 0 spiro atoms. The Morgan fingerprint density at radius 2 is 1.71 bits per heavy atom. The maximum atomic E-state index is 12.7. The lowest BCUT2D eigenvalue weighted by molar-refractivity contribution is -0.220. The smallest absolute Gasteiger partial charge is 0.459 e. The molecule has 18 heteroatoms. The van der Waals surface area contributed by atoms with Gasteiger partial charge in [0, 0.05) is 11.8 Å². The number of ether oxygens (including phenoxy) is 2. The fraction of sp³-hybridized carbons (Fsp3) is 0.846. The lowest BCUT2D eigenvalue weighted by atomic mass is 9.78. The molecule has 31 heavy (non-hydrogen) atoms. The zero-order chi connectivity index (χ0) is 23.7. The van der Waals surface area contributed by atoms with Crippen molar-refractivity contribution in [3.05, 3.63) is 0 Å². The normalized spacial score (nSPS) is 34.0. The van der Waals surface area contributed by atoms with Crippen molar-refractivity contribution in [2.75, 3.05) is 0 Å². The van der Waals surface area contributed by atoms with Crippen LogP contribution in [0.15, 0.2) is 0 Å². The average molecular weight is 505 g/mol. The zero-order valence-corrected chi connectivity index (χ0v) is 16.6. The molecule has 3 aliphatic rings. The van der Waals surface area contributed by atoms with Gasteiger partial charge < -0.3 is 9.47 Å². The van der Waals surface area contributed by atoms with Crippen molar-refractivity contribution in [3.63, 3.8) is 0 Å². The minimum atomic E-state index is -6.38.